The molecule has 0 spiro atoms. The Balaban J connectivity index is 1.43. The van der Waals surface area contributed by atoms with Crippen LogP contribution in [0, 0.1) is 6.92 Å². The van der Waals surface area contributed by atoms with Gasteiger partial charge in [-0.2, -0.15) is 0 Å². The second-order valence-electron chi connectivity index (χ2n) is 7.00. The van der Waals surface area contributed by atoms with Gasteiger partial charge in [0.1, 0.15) is 21.5 Å². The van der Waals surface area contributed by atoms with E-state index < -0.39 is 0 Å². The Labute approximate surface area is 185 Å². The topological polar surface area (TPSA) is 58.6 Å². The van der Waals surface area contributed by atoms with Crippen LogP contribution < -0.4 is 9.64 Å². The quantitative estimate of drug-likeness (QED) is 0.581. The molecule has 0 saturated carbocycles. The second kappa shape index (κ2) is 9.02. The Bertz CT molecular complexity index is 1010. The lowest BCUT2D eigenvalue weighted by Gasteiger charge is -2.35. The standard InChI is InChI=1S/C22H23ClN4O2S/c1-3-29-18-7-4-16(5-8-18)21-25-15(2)20(30-21)22(28)27-12-10-26(11-13-27)19-9-6-17(23)14-24-19/h4-9,14H,3,10-13H2,1-2H3. The zero-order chi connectivity index (χ0) is 21.1. The molecular weight excluding hydrogens is 420 g/mol. The number of ether oxygens (including phenoxy) is 1. The monoisotopic (exact) mass is 442 g/mol. The minimum Gasteiger partial charge on any atom is -0.494 e. The summed E-state index contributed by atoms with van der Waals surface area (Å²) in [5.74, 6) is 1.77. The number of thiazole rings is 1. The van der Waals surface area contributed by atoms with Gasteiger partial charge in [0, 0.05) is 37.9 Å². The Morgan fingerprint density at radius 2 is 1.87 bits per heavy atom. The van der Waals surface area contributed by atoms with Crippen LogP contribution in [-0.2, 0) is 0 Å². The largest absolute Gasteiger partial charge is 0.494 e. The number of aromatic nitrogens is 2. The molecule has 4 rings (SSSR count). The summed E-state index contributed by atoms with van der Waals surface area (Å²) in [6.45, 7) is 7.28. The summed E-state index contributed by atoms with van der Waals surface area (Å²) in [5, 5.41) is 1.47. The summed E-state index contributed by atoms with van der Waals surface area (Å²) in [5.41, 5.74) is 1.76. The van der Waals surface area contributed by atoms with Gasteiger partial charge in [-0.3, -0.25) is 4.79 Å². The molecule has 1 fully saturated rings. The fourth-order valence-electron chi connectivity index (χ4n) is 3.42. The van der Waals surface area contributed by atoms with Gasteiger partial charge in [-0.1, -0.05) is 11.6 Å². The molecule has 1 aliphatic heterocycles. The summed E-state index contributed by atoms with van der Waals surface area (Å²) >= 11 is 7.37. The van der Waals surface area contributed by atoms with Crippen molar-refractivity contribution in [2.75, 3.05) is 37.7 Å². The smallest absolute Gasteiger partial charge is 0.265 e. The summed E-state index contributed by atoms with van der Waals surface area (Å²) in [4.78, 5) is 26.9. The molecule has 0 aliphatic carbocycles. The number of piperazine rings is 1. The van der Waals surface area contributed by atoms with Gasteiger partial charge in [0.05, 0.1) is 17.3 Å². The molecule has 0 radical (unpaired) electrons. The summed E-state index contributed by atoms with van der Waals surface area (Å²) in [6, 6.07) is 11.6. The maximum atomic E-state index is 13.1. The van der Waals surface area contributed by atoms with Gasteiger partial charge in [-0.25, -0.2) is 9.97 Å². The zero-order valence-electron chi connectivity index (χ0n) is 17.0. The highest BCUT2D eigenvalue weighted by atomic mass is 35.5. The van der Waals surface area contributed by atoms with E-state index in [1.165, 1.54) is 11.3 Å². The van der Waals surface area contributed by atoms with Crippen LogP contribution >= 0.6 is 22.9 Å². The third kappa shape index (κ3) is 4.42. The van der Waals surface area contributed by atoms with Crippen LogP contribution in [0.25, 0.3) is 10.6 Å². The number of hydrogen-bond acceptors (Lipinski definition) is 6. The first-order valence-electron chi connectivity index (χ1n) is 9.91. The molecule has 0 unspecified atom stereocenters. The number of carbonyl (C=O) groups excluding carboxylic acids is 1. The van der Waals surface area contributed by atoms with Crippen molar-refractivity contribution < 1.29 is 9.53 Å². The summed E-state index contributed by atoms with van der Waals surface area (Å²) in [6.07, 6.45) is 1.65. The van der Waals surface area contributed by atoms with Crippen LogP contribution in [0.1, 0.15) is 22.3 Å². The molecule has 1 aromatic carbocycles. The maximum Gasteiger partial charge on any atom is 0.265 e. The van der Waals surface area contributed by atoms with Crippen molar-refractivity contribution in [2.45, 2.75) is 13.8 Å². The Kier molecular flexibility index (Phi) is 6.20. The first-order chi connectivity index (χ1) is 14.5. The highest BCUT2D eigenvalue weighted by molar-refractivity contribution is 7.17. The molecule has 3 aromatic rings. The molecule has 2 aromatic heterocycles. The lowest BCUT2D eigenvalue weighted by Crippen LogP contribution is -2.49. The minimum atomic E-state index is 0.0471. The first-order valence-corrected chi connectivity index (χ1v) is 11.1. The molecule has 1 saturated heterocycles. The van der Waals surface area contributed by atoms with Gasteiger partial charge in [-0.15, -0.1) is 11.3 Å². The van der Waals surface area contributed by atoms with Gasteiger partial charge in [0.25, 0.3) is 5.91 Å². The molecular formula is C22H23ClN4O2S. The summed E-state index contributed by atoms with van der Waals surface area (Å²) < 4.78 is 5.50. The van der Waals surface area contributed by atoms with Crippen LogP contribution in [0.3, 0.4) is 0 Å². The van der Waals surface area contributed by atoms with Crippen molar-refractivity contribution in [1.82, 2.24) is 14.9 Å². The third-order valence-electron chi connectivity index (χ3n) is 5.01. The Morgan fingerprint density at radius 1 is 1.13 bits per heavy atom. The SMILES string of the molecule is CCOc1ccc(-c2nc(C)c(C(=O)N3CCN(c4ccc(Cl)cn4)CC3)s2)cc1. The Morgan fingerprint density at radius 3 is 2.50 bits per heavy atom. The molecule has 3 heterocycles. The van der Waals surface area contributed by atoms with E-state index >= 15 is 0 Å². The first kappa shape index (κ1) is 20.6. The number of carbonyl (C=O) groups is 1. The van der Waals surface area contributed by atoms with Crippen LogP contribution in [-0.4, -0.2) is 53.6 Å². The lowest BCUT2D eigenvalue weighted by atomic mass is 10.2. The fraction of sp³-hybridized carbons (Fsp3) is 0.318. The predicted octanol–water partition coefficient (Wildman–Crippen LogP) is 4.53. The Hall–Kier alpha value is -2.64. The molecule has 1 amide bonds. The average Bonchev–Trinajstić information content (AvgIpc) is 3.16. The van der Waals surface area contributed by atoms with E-state index in [-0.39, 0.29) is 5.91 Å². The molecule has 8 heteroatoms. The highest BCUT2D eigenvalue weighted by Gasteiger charge is 2.26. The number of halogens is 1. The number of nitrogens with zero attached hydrogens (tertiary/aromatic N) is 4. The van der Waals surface area contributed by atoms with Crippen molar-refractivity contribution in [3.8, 4) is 16.3 Å². The highest BCUT2D eigenvalue weighted by Crippen LogP contribution is 2.30. The van der Waals surface area contributed by atoms with Gasteiger partial charge < -0.3 is 14.5 Å². The van der Waals surface area contributed by atoms with Crippen LogP contribution in [0.4, 0.5) is 5.82 Å². The van der Waals surface area contributed by atoms with Gasteiger partial charge in [0.2, 0.25) is 0 Å². The van der Waals surface area contributed by atoms with Crippen molar-refractivity contribution in [3.05, 3.63) is 58.2 Å². The van der Waals surface area contributed by atoms with Gasteiger partial charge in [0.15, 0.2) is 0 Å². The number of amides is 1. The minimum absolute atomic E-state index is 0.0471. The number of pyridine rings is 1. The molecule has 0 N–H and O–H groups in total. The molecule has 0 atom stereocenters. The second-order valence-corrected chi connectivity index (χ2v) is 8.44. The molecule has 30 heavy (non-hydrogen) atoms. The summed E-state index contributed by atoms with van der Waals surface area (Å²) in [7, 11) is 0. The van der Waals surface area contributed by atoms with Gasteiger partial charge in [-0.05, 0) is 50.2 Å². The van der Waals surface area contributed by atoms with Crippen molar-refractivity contribution in [1.29, 1.82) is 0 Å². The number of hydrogen-bond donors (Lipinski definition) is 0. The van der Waals surface area contributed by atoms with E-state index in [9.17, 15) is 4.79 Å². The van der Waals surface area contributed by atoms with Crippen molar-refractivity contribution >= 4 is 34.7 Å². The van der Waals surface area contributed by atoms with E-state index in [2.05, 4.69) is 14.9 Å². The number of aryl methyl sites for hydroxylation is 1. The maximum absolute atomic E-state index is 13.1. The average molecular weight is 443 g/mol. The molecule has 1 aliphatic rings. The number of rotatable bonds is 5. The fourth-order valence-corrected chi connectivity index (χ4v) is 4.57. The zero-order valence-corrected chi connectivity index (χ0v) is 18.5. The van der Waals surface area contributed by atoms with Crippen molar-refractivity contribution in [3.63, 3.8) is 0 Å². The molecule has 156 valence electrons. The van der Waals surface area contributed by atoms with E-state index in [0.717, 1.165) is 40.9 Å². The number of benzene rings is 1. The van der Waals surface area contributed by atoms with Gasteiger partial charge >= 0.3 is 0 Å². The third-order valence-corrected chi connectivity index (χ3v) is 6.42. The normalized spacial score (nSPS) is 14.1. The molecule has 0 bridgehead atoms. The van der Waals surface area contributed by atoms with Crippen LogP contribution in [0.2, 0.25) is 5.02 Å². The van der Waals surface area contributed by atoms with Crippen molar-refractivity contribution in [2.24, 2.45) is 0 Å². The lowest BCUT2D eigenvalue weighted by molar-refractivity contribution is 0.0750. The van der Waals surface area contributed by atoms with E-state index in [0.29, 0.717) is 29.6 Å². The number of anilines is 1. The van der Waals surface area contributed by atoms with Crippen LogP contribution in [0.5, 0.6) is 5.75 Å². The molecule has 6 nitrogen and oxygen atoms in total. The van der Waals surface area contributed by atoms with Crippen LogP contribution in [0.15, 0.2) is 42.6 Å². The van der Waals surface area contributed by atoms with E-state index in [1.807, 2.05) is 55.1 Å². The van der Waals surface area contributed by atoms with E-state index in [1.54, 1.807) is 6.20 Å². The predicted molar refractivity (Wildman–Crippen MR) is 121 cm³/mol. The van der Waals surface area contributed by atoms with E-state index in [4.69, 9.17) is 16.3 Å².